The van der Waals surface area contributed by atoms with Gasteiger partial charge in [-0.15, -0.1) is 0 Å². The highest BCUT2D eigenvalue weighted by Crippen LogP contribution is 2.22. The summed E-state index contributed by atoms with van der Waals surface area (Å²) in [6, 6.07) is 6.84. The third kappa shape index (κ3) is 6.20. The van der Waals surface area contributed by atoms with E-state index in [1.165, 1.54) is 6.07 Å². The number of nitrogens with zero attached hydrogens (tertiary/aromatic N) is 2. The molecule has 0 spiro atoms. The number of aliphatic imine (C=N–C) groups is 1. The van der Waals surface area contributed by atoms with Crippen molar-refractivity contribution >= 4 is 5.96 Å². The molecule has 0 amide bonds. The number of rotatable bonds is 6. The zero-order valence-corrected chi connectivity index (χ0v) is 15.7. The zero-order valence-electron chi connectivity index (χ0n) is 15.7. The fourth-order valence-corrected chi connectivity index (χ4v) is 3.16. The smallest absolute Gasteiger partial charge is 0.251 e. The maximum absolute atomic E-state index is 13.5. The first-order chi connectivity index (χ1) is 12.3. The molecule has 0 radical (unpaired) electrons. The second-order valence-electron chi connectivity index (χ2n) is 7.43. The van der Waals surface area contributed by atoms with Gasteiger partial charge in [0.25, 0.3) is 6.43 Å². The van der Waals surface area contributed by atoms with Gasteiger partial charge in [0.15, 0.2) is 5.96 Å². The standard InChI is InChI=1S/C19H29F3N4/c1-19(2,14-5-4-6-15(20)11-14)13-24-18(23-3)25-16-7-9-26(10-8-16)12-17(21)22/h4-6,11,16-17H,7-10,12-13H2,1-3H3,(H2,23,24,25). The van der Waals surface area contributed by atoms with Gasteiger partial charge in [-0.3, -0.25) is 9.89 Å². The van der Waals surface area contributed by atoms with Gasteiger partial charge in [-0.05, 0) is 30.5 Å². The molecule has 2 rings (SSSR count). The highest BCUT2D eigenvalue weighted by Gasteiger charge is 2.24. The quantitative estimate of drug-likeness (QED) is 0.597. The lowest BCUT2D eigenvalue weighted by Crippen LogP contribution is -2.51. The van der Waals surface area contributed by atoms with Crippen LogP contribution < -0.4 is 10.6 Å². The van der Waals surface area contributed by atoms with Gasteiger partial charge < -0.3 is 10.6 Å². The molecule has 1 saturated heterocycles. The second kappa shape index (κ2) is 9.26. The molecule has 0 unspecified atom stereocenters. The summed E-state index contributed by atoms with van der Waals surface area (Å²) in [5.41, 5.74) is 0.654. The topological polar surface area (TPSA) is 39.7 Å². The summed E-state index contributed by atoms with van der Waals surface area (Å²) in [6.07, 6.45) is -0.666. The number of hydrogen-bond acceptors (Lipinski definition) is 2. The minimum atomic E-state index is -2.28. The highest BCUT2D eigenvalue weighted by atomic mass is 19.3. The number of hydrogen-bond donors (Lipinski definition) is 2. The number of likely N-dealkylation sites (tertiary alicyclic amines) is 1. The molecular formula is C19H29F3N4. The Balaban J connectivity index is 1.83. The van der Waals surface area contributed by atoms with Crippen molar-refractivity contribution < 1.29 is 13.2 Å². The van der Waals surface area contributed by atoms with E-state index in [1.54, 1.807) is 24.1 Å². The van der Waals surface area contributed by atoms with Gasteiger partial charge >= 0.3 is 0 Å². The minimum absolute atomic E-state index is 0.151. The first-order valence-electron chi connectivity index (χ1n) is 9.04. The van der Waals surface area contributed by atoms with Gasteiger partial charge in [-0.1, -0.05) is 26.0 Å². The van der Waals surface area contributed by atoms with Gasteiger partial charge in [-0.2, -0.15) is 0 Å². The Labute approximate surface area is 153 Å². The lowest BCUT2D eigenvalue weighted by Gasteiger charge is -2.33. The number of nitrogens with one attached hydrogen (secondary N) is 2. The maximum atomic E-state index is 13.5. The molecule has 7 heteroatoms. The van der Waals surface area contributed by atoms with Crippen LogP contribution in [0.5, 0.6) is 0 Å². The summed E-state index contributed by atoms with van der Waals surface area (Å²) >= 11 is 0. The normalized spacial score (nSPS) is 17.6. The molecule has 1 aromatic carbocycles. The van der Waals surface area contributed by atoms with E-state index < -0.39 is 6.43 Å². The lowest BCUT2D eigenvalue weighted by molar-refractivity contribution is 0.0744. The van der Waals surface area contributed by atoms with Gasteiger partial charge in [0.05, 0.1) is 6.54 Å². The molecule has 2 N–H and O–H groups in total. The van der Waals surface area contributed by atoms with Crippen LogP contribution in [0.15, 0.2) is 29.3 Å². The largest absolute Gasteiger partial charge is 0.356 e. The van der Waals surface area contributed by atoms with Crippen molar-refractivity contribution in [2.45, 2.75) is 44.6 Å². The predicted octanol–water partition coefficient (Wildman–Crippen LogP) is 3.00. The number of benzene rings is 1. The van der Waals surface area contributed by atoms with Crippen molar-refractivity contribution in [1.82, 2.24) is 15.5 Å². The van der Waals surface area contributed by atoms with E-state index in [0.29, 0.717) is 25.6 Å². The van der Waals surface area contributed by atoms with Crippen molar-refractivity contribution in [2.75, 3.05) is 33.2 Å². The van der Waals surface area contributed by atoms with Crippen LogP contribution in [0.3, 0.4) is 0 Å². The molecular weight excluding hydrogens is 341 g/mol. The Hall–Kier alpha value is -1.76. The van der Waals surface area contributed by atoms with E-state index in [-0.39, 0.29) is 23.8 Å². The first kappa shape index (κ1) is 20.6. The Kier molecular flexibility index (Phi) is 7.32. The van der Waals surface area contributed by atoms with Crippen LogP contribution in [0, 0.1) is 5.82 Å². The molecule has 0 aliphatic carbocycles. The Morgan fingerprint density at radius 3 is 2.58 bits per heavy atom. The van der Waals surface area contributed by atoms with Crippen molar-refractivity contribution in [3.63, 3.8) is 0 Å². The van der Waals surface area contributed by atoms with Crippen molar-refractivity contribution in [1.29, 1.82) is 0 Å². The van der Waals surface area contributed by atoms with E-state index in [4.69, 9.17) is 0 Å². The van der Waals surface area contributed by atoms with E-state index in [9.17, 15) is 13.2 Å². The average molecular weight is 370 g/mol. The van der Waals surface area contributed by atoms with E-state index >= 15 is 0 Å². The van der Waals surface area contributed by atoms with Gasteiger partial charge in [0.2, 0.25) is 0 Å². The fraction of sp³-hybridized carbons (Fsp3) is 0.632. The molecule has 1 aliphatic rings. The molecule has 0 bridgehead atoms. The van der Waals surface area contributed by atoms with Gasteiger partial charge in [-0.25, -0.2) is 13.2 Å². The van der Waals surface area contributed by atoms with Gasteiger partial charge in [0, 0.05) is 38.1 Å². The third-order valence-electron chi connectivity index (χ3n) is 4.85. The van der Waals surface area contributed by atoms with Crippen LogP contribution >= 0.6 is 0 Å². The summed E-state index contributed by atoms with van der Waals surface area (Å²) in [4.78, 5) is 6.05. The Bertz CT molecular complexity index is 596. The van der Waals surface area contributed by atoms with Crippen LogP contribution in [-0.2, 0) is 5.41 Å². The van der Waals surface area contributed by atoms with Crippen LogP contribution in [0.25, 0.3) is 0 Å². The van der Waals surface area contributed by atoms with Crippen LogP contribution in [-0.4, -0.2) is 56.6 Å². The monoisotopic (exact) mass is 370 g/mol. The van der Waals surface area contributed by atoms with Crippen LogP contribution in [0.1, 0.15) is 32.3 Å². The molecule has 1 heterocycles. The van der Waals surface area contributed by atoms with Gasteiger partial charge in [0.1, 0.15) is 5.82 Å². The Morgan fingerprint density at radius 1 is 1.31 bits per heavy atom. The summed E-state index contributed by atoms with van der Waals surface area (Å²) in [5.74, 6) is 0.440. The van der Waals surface area contributed by atoms with Crippen LogP contribution in [0.4, 0.5) is 13.2 Å². The van der Waals surface area contributed by atoms with E-state index in [0.717, 1.165) is 18.4 Å². The molecule has 0 saturated carbocycles. The third-order valence-corrected chi connectivity index (χ3v) is 4.85. The highest BCUT2D eigenvalue weighted by molar-refractivity contribution is 5.80. The predicted molar refractivity (Wildman–Crippen MR) is 99.4 cm³/mol. The molecule has 0 atom stereocenters. The van der Waals surface area contributed by atoms with Crippen LogP contribution in [0.2, 0.25) is 0 Å². The van der Waals surface area contributed by atoms with Crippen molar-refractivity contribution in [3.8, 4) is 0 Å². The molecule has 4 nitrogen and oxygen atoms in total. The first-order valence-corrected chi connectivity index (χ1v) is 9.04. The molecule has 1 fully saturated rings. The second-order valence-corrected chi connectivity index (χ2v) is 7.43. The van der Waals surface area contributed by atoms with Crippen molar-refractivity contribution in [3.05, 3.63) is 35.6 Å². The summed E-state index contributed by atoms with van der Waals surface area (Å²) in [5, 5.41) is 6.67. The number of guanidine groups is 1. The maximum Gasteiger partial charge on any atom is 0.251 e. The van der Waals surface area contributed by atoms with Crippen molar-refractivity contribution in [2.24, 2.45) is 4.99 Å². The minimum Gasteiger partial charge on any atom is -0.356 e. The molecule has 0 aromatic heterocycles. The SMILES string of the molecule is CN=C(NCC(C)(C)c1cccc(F)c1)NC1CCN(CC(F)F)CC1. The summed E-state index contributed by atoms with van der Waals surface area (Å²) in [6.45, 7) is 5.86. The van der Waals surface area contributed by atoms with E-state index in [1.807, 2.05) is 19.9 Å². The molecule has 1 aromatic rings. The zero-order chi connectivity index (χ0) is 19.2. The molecule has 146 valence electrons. The number of alkyl halides is 2. The number of piperidine rings is 1. The fourth-order valence-electron chi connectivity index (χ4n) is 3.16. The number of halogens is 3. The molecule has 1 aliphatic heterocycles. The average Bonchev–Trinajstić information content (AvgIpc) is 2.59. The Morgan fingerprint density at radius 2 is 2.00 bits per heavy atom. The molecule has 26 heavy (non-hydrogen) atoms. The summed E-state index contributed by atoms with van der Waals surface area (Å²) in [7, 11) is 1.70. The van der Waals surface area contributed by atoms with E-state index in [2.05, 4.69) is 15.6 Å². The lowest BCUT2D eigenvalue weighted by atomic mass is 9.84. The summed E-state index contributed by atoms with van der Waals surface area (Å²) < 4.78 is 38.4.